The first-order chi connectivity index (χ1) is 16.8. The predicted molar refractivity (Wildman–Crippen MR) is 133 cm³/mol. The fraction of sp³-hybridized carbons (Fsp3) is 0.464. The molecule has 7 nitrogen and oxygen atoms in total. The van der Waals surface area contributed by atoms with Crippen molar-refractivity contribution in [1.29, 1.82) is 0 Å². The molecule has 1 saturated carbocycles. The SMILES string of the molecule is CC[C@H](C)[C@H](NC(=O)OCC1c2ccccc2-c2ccccc21)C(=O)N(C)C1(C(=O)O)CCCC1. The van der Waals surface area contributed by atoms with Gasteiger partial charge in [0.05, 0.1) is 0 Å². The van der Waals surface area contributed by atoms with Crippen molar-refractivity contribution < 1.29 is 24.2 Å². The molecule has 4 rings (SSSR count). The molecule has 0 aliphatic heterocycles. The fourth-order valence-electron chi connectivity index (χ4n) is 5.52. The van der Waals surface area contributed by atoms with Gasteiger partial charge in [0.25, 0.3) is 0 Å². The summed E-state index contributed by atoms with van der Waals surface area (Å²) in [6.07, 6.45) is 2.34. The van der Waals surface area contributed by atoms with Crippen LogP contribution in [0.4, 0.5) is 4.79 Å². The van der Waals surface area contributed by atoms with Gasteiger partial charge in [-0.15, -0.1) is 0 Å². The number of rotatable bonds is 8. The second-order valence-electron chi connectivity index (χ2n) is 9.77. The van der Waals surface area contributed by atoms with E-state index in [1.165, 1.54) is 11.9 Å². The molecule has 0 aromatic heterocycles. The molecule has 0 radical (unpaired) electrons. The van der Waals surface area contributed by atoms with E-state index < -0.39 is 29.6 Å². The number of hydrogen-bond acceptors (Lipinski definition) is 4. The molecule has 1 fully saturated rings. The molecule has 0 bridgehead atoms. The van der Waals surface area contributed by atoms with Gasteiger partial charge < -0.3 is 20.1 Å². The molecule has 2 amide bonds. The Bertz CT molecular complexity index is 1060. The van der Waals surface area contributed by atoms with Gasteiger partial charge in [-0.1, -0.05) is 81.6 Å². The Labute approximate surface area is 206 Å². The van der Waals surface area contributed by atoms with Gasteiger partial charge in [-0.2, -0.15) is 0 Å². The van der Waals surface area contributed by atoms with Crippen molar-refractivity contribution in [1.82, 2.24) is 10.2 Å². The number of nitrogens with zero attached hydrogens (tertiary/aromatic N) is 1. The summed E-state index contributed by atoms with van der Waals surface area (Å²) in [7, 11) is 1.54. The number of aliphatic carboxylic acids is 1. The van der Waals surface area contributed by atoms with E-state index in [1.807, 2.05) is 38.1 Å². The molecule has 0 saturated heterocycles. The molecular weight excluding hydrogens is 444 g/mol. The Balaban J connectivity index is 1.47. The molecule has 0 heterocycles. The van der Waals surface area contributed by atoms with Crippen molar-refractivity contribution in [2.45, 2.75) is 63.5 Å². The average Bonchev–Trinajstić information content (AvgIpc) is 3.49. The first-order valence-electron chi connectivity index (χ1n) is 12.4. The lowest BCUT2D eigenvalue weighted by Crippen LogP contribution is -2.60. The summed E-state index contributed by atoms with van der Waals surface area (Å²) in [5.41, 5.74) is 3.29. The Hall–Kier alpha value is -3.35. The minimum absolute atomic E-state index is 0.0812. The van der Waals surface area contributed by atoms with E-state index >= 15 is 0 Å². The van der Waals surface area contributed by atoms with E-state index in [2.05, 4.69) is 29.6 Å². The van der Waals surface area contributed by atoms with Gasteiger partial charge >= 0.3 is 12.1 Å². The van der Waals surface area contributed by atoms with E-state index in [0.29, 0.717) is 19.3 Å². The Kier molecular flexibility index (Phi) is 7.15. The molecule has 0 spiro atoms. The summed E-state index contributed by atoms with van der Waals surface area (Å²) >= 11 is 0. The van der Waals surface area contributed by atoms with E-state index in [-0.39, 0.29) is 18.4 Å². The molecule has 2 aromatic rings. The number of nitrogens with one attached hydrogen (secondary N) is 1. The maximum Gasteiger partial charge on any atom is 0.407 e. The van der Waals surface area contributed by atoms with Crippen LogP contribution in [0.15, 0.2) is 48.5 Å². The van der Waals surface area contributed by atoms with Gasteiger partial charge in [-0.05, 0) is 41.0 Å². The van der Waals surface area contributed by atoms with E-state index in [0.717, 1.165) is 35.1 Å². The van der Waals surface area contributed by atoms with Crippen molar-refractivity contribution in [3.8, 4) is 11.1 Å². The number of carboxylic acid groups (broad SMARTS) is 1. The highest BCUT2D eigenvalue weighted by Crippen LogP contribution is 2.44. The first kappa shape index (κ1) is 24.8. The number of carbonyl (C=O) groups is 3. The number of amides is 2. The molecule has 7 heteroatoms. The molecule has 2 aromatic carbocycles. The maximum absolute atomic E-state index is 13.5. The second kappa shape index (κ2) is 10.1. The maximum atomic E-state index is 13.5. The quantitative estimate of drug-likeness (QED) is 0.568. The van der Waals surface area contributed by atoms with Gasteiger partial charge in [0.2, 0.25) is 5.91 Å². The van der Waals surface area contributed by atoms with Gasteiger partial charge in [-0.25, -0.2) is 9.59 Å². The monoisotopic (exact) mass is 478 g/mol. The smallest absolute Gasteiger partial charge is 0.407 e. The summed E-state index contributed by atoms with van der Waals surface area (Å²) in [5, 5.41) is 12.7. The van der Waals surface area contributed by atoms with Crippen LogP contribution in [0.5, 0.6) is 0 Å². The zero-order chi connectivity index (χ0) is 25.2. The number of likely N-dealkylation sites (N-methyl/N-ethyl adjacent to an activating group) is 1. The van der Waals surface area contributed by atoms with E-state index in [4.69, 9.17) is 4.74 Å². The number of benzene rings is 2. The van der Waals surface area contributed by atoms with Crippen molar-refractivity contribution in [3.63, 3.8) is 0 Å². The topological polar surface area (TPSA) is 95.9 Å². The van der Waals surface area contributed by atoms with Crippen LogP contribution < -0.4 is 5.32 Å². The minimum Gasteiger partial charge on any atom is -0.479 e. The zero-order valence-corrected chi connectivity index (χ0v) is 20.6. The summed E-state index contributed by atoms with van der Waals surface area (Å²) < 4.78 is 5.66. The van der Waals surface area contributed by atoms with Crippen LogP contribution in [-0.4, -0.2) is 53.2 Å². The van der Waals surface area contributed by atoms with Crippen LogP contribution in [0.1, 0.15) is 63.0 Å². The molecule has 2 aliphatic carbocycles. The Morgan fingerprint density at radius 1 is 1.06 bits per heavy atom. The van der Waals surface area contributed by atoms with Crippen molar-refractivity contribution in [3.05, 3.63) is 59.7 Å². The number of hydrogen-bond donors (Lipinski definition) is 2. The zero-order valence-electron chi connectivity index (χ0n) is 20.6. The van der Waals surface area contributed by atoms with Crippen LogP contribution in [0.2, 0.25) is 0 Å². The van der Waals surface area contributed by atoms with Gasteiger partial charge in [-0.3, -0.25) is 4.79 Å². The number of carbonyl (C=O) groups excluding carboxylic acids is 2. The molecule has 2 atom stereocenters. The highest BCUT2D eigenvalue weighted by molar-refractivity contribution is 5.91. The number of fused-ring (bicyclic) bond motifs is 3. The van der Waals surface area contributed by atoms with Crippen molar-refractivity contribution in [2.75, 3.05) is 13.7 Å². The van der Waals surface area contributed by atoms with Gasteiger partial charge in [0, 0.05) is 13.0 Å². The van der Waals surface area contributed by atoms with Crippen LogP contribution in [0.3, 0.4) is 0 Å². The Morgan fingerprint density at radius 2 is 1.60 bits per heavy atom. The summed E-state index contributed by atoms with van der Waals surface area (Å²) in [5.74, 6) is -1.65. The third-order valence-corrected chi connectivity index (χ3v) is 7.90. The van der Waals surface area contributed by atoms with Crippen LogP contribution in [-0.2, 0) is 14.3 Å². The average molecular weight is 479 g/mol. The third kappa shape index (κ3) is 4.51. The molecule has 35 heavy (non-hydrogen) atoms. The normalized spacial score (nSPS) is 17.7. The number of carboxylic acids is 1. The first-order valence-corrected chi connectivity index (χ1v) is 12.4. The molecule has 0 unspecified atom stereocenters. The standard InChI is InChI=1S/C28H34N2O5/c1-4-18(2)24(25(31)30(3)28(26(32)33)15-9-10-16-28)29-27(34)35-17-23-21-13-7-5-11-19(21)20-12-6-8-14-22(20)23/h5-8,11-14,18,23-24H,4,9-10,15-17H2,1-3H3,(H,29,34)(H,32,33)/t18-,24-/m0/s1. The highest BCUT2D eigenvalue weighted by atomic mass is 16.5. The third-order valence-electron chi connectivity index (χ3n) is 7.90. The lowest BCUT2D eigenvalue weighted by atomic mass is 9.92. The largest absolute Gasteiger partial charge is 0.479 e. The molecular formula is C28H34N2O5. The lowest BCUT2D eigenvalue weighted by Gasteiger charge is -2.38. The Morgan fingerprint density at radius 3 is 2.11 bits per heavy atom. The summed E-state index contributed by atoms with van der Waals surface area (Å²) in [6, 6.07) is 15.3. The van der Waals surface area contributed by atoms with E-state index in [9.17, 15) is 19.5 Å². The number of alkyl carbamates (subject to hydrolysis) is 1. The van der Waals surface area contributed by atoms with Gasteiger partial charge in [0.1, 0.15) is 18.2 Å². The highest BCUT2D eigenvalue weighted by Gasteiger charge is 2.48. The van der Waals surface area contributed by atoms with Crippen LogP contribution >= 0.6 is 0 Å². The lowest BCUT2D eigenvalue weighted by molar-refractivity contribution is -0.158. The fourth-order valence-corrected chi connectivity index (χ4v) is 5.52. The summed E-state index contributed by atoms with van der Waals surface area (Å²) in [6.45, 7) is 3.96. The number of ether oxygens (including phenoxy) is 1. The second-order valence-corrected chi connectivity index (χ2v) is 9.77. The van der Waals surface area contributed by atoms with Crippen LogP contribution in [0.25, 0.3) is 11.1 Å². The van der Waals surface area contributed by atoms with E-state index in [1.54, 1.807) is 0 Å². The molecule has 2 aliphatic rings. The molecule has 186 valence electrons. The minimum atomic E-state index is -1.22. The van der Waals surface area contributed by atoms with Gasteiger partial charge in [0.15, 0.2) is 0 Å². The van der Waals surface area contributed by atoms with Crippen molar-refractivity contribution in [2.24, 2.45) is 5.92 Å². The molecule has 2 N–H and O–H groups in total. The predicted octanol–water partition coefficient (Wildman–Crippen LogP) is 4.80. The summed E-state index contributed by atoms with van der Waals surface area (Å²) in [4.78, 5) is 39.8. The van der Waals surface area contributed by atoms with Crippen LogP contribution in [0, 0.1) is 5.92 Å². The van der Waals surface area contributed by atoms with Crippen molar-refractivity contribution >= 4 is 18.0 Å².